The molecule has 51 heavy (non-hydrogen) atoms. The number of carbonyl (C=O) groups is 1. The second-order valence-corrected chi connectivity index (χ2v) is 14.8. The Hall–Kier alpha value is -3.07. The van der Waals surface area contributed by atoms with Gasteiger partial charge in [-0.3, -0.25) is 4.79 Å². The van der Waals surface area contributed by atoms with Gasteiger partial charge in [-0.1, -0.05) is 209 Å². The molecule has 3 heteroatoms. The maximum atomic E-state index is 12.5. The first-order valence-corrected chi connectivity index (χ1v) is 21.2. The molecule has 3 rings (SSSR count). The number of esters is 1. The summed E-state index contributed by atoms with van der Waals surface area (Å²) in [6.45, 7) is 7.31. The van der Waals surface area contributed by atoms with Gasteiger partial charge >= 0.3 is 5.97 Å². The van der Waals surface area contributed by atoms with Gasteiger partial charge in [0.15, 0.2) is 0 Å². The highest BCUT2D eigenvalue weighted by Crippen LogP contribution is 2.34. The van der Waals surface area contributed by atoms with Crippen molar-refractivity contribution in [3.8, 4) is 28.0 Å². The van der Waals surface area contributed by atoms with Gasteiger partial charge in [-0.05, 0) is 59.7 Å². The van der Waals surface area contributed by atoms with Gasteiger partial charge in [0.05, 0.1) is 6.61 Å². The van der Waals surface area contributed by atoms with Crippen molar-refractivity contribution < 1.29 is 14.3 Å². The summed E-state index contributed by atoms with van der Waals surface area (Å²) in [5, 5.41) is 0. The third-order valence-corrected chi connectivity index (χ3v) is 10.3. The molecular weight excluding hydrogens is 625 g/mol. The molecule has 0 amide bonds. The Bertz CT molecular complexity index is 1280. The molecule has 0 radical (unpaired) electrons. The molecule has 3 aromatic carbocycles. The van der Waals surface area contributed by atoms with E-state index in [1.165, 1.54) is 145 Å². The molecule has 0 bridgehead atoms. The molecule has 0 heterocycles. The summed E-state index contributed by atoms with van der Waals surface area (Å²) >= 11 is 0. The van der Waals surface area contributed by atoms with Gasteiger partial charge in [-0.15, -0.1) is 0 Å². The zero-order valence-electron chi connectivity index (χ0n) is 32.9. The summed E-state index contributed by atoms with van der Waals surface area (Å²) < 4.78 is 11.9. The van der Waals surface area contributed by atoms with Crippen molar-refractivity contribution in [1.82, 2.24) is 0 Å². The molecule has 0 fully saturated rings. The first-order valence-electron chi connectivity index (χ1n) is 21.2. The normalized spacial score (nSPS) is 11.8. The molecule has 1 unspecified atom stereocenters. The molecule has 0 saturated carbocycles. The predicted octanol–water partition coefficient (Wildman–Crippen LogP) is 15.4. The molecule has 0 aliphatic carbocycles. The van der Waals surface area contributed by atoms with Crippen LogP contribution < -0.4 is 4.74 Å². The molecule has 3 aromatic rings. The minimum absolute atomic E-state index is 0.0886. The van der Waals surface area contributed by atoms with Gasteiger partial charge in [0.25, 0.3) is 0 Å². The van der Waals surface area contributed by atoms with Crippen LogP contribution in [0.2, 0.25) is 0 Å². The van der Waals surface area contributed by atoms with Crippen molar-refractivity contribution in [2.24, 2.45) is 0 Å². The number of carbonyl (C=O) groups excluding carboxylic acids is 1. The lowest BCUT2D eigenvalue weighted by Gasteiger charge is -2.15. The van der Waals surface area contributed by atoms with E-state index < -0.39 is 0 Å². The van der Waals surface area contributed by atoms with Gasteiger partial charge in [0, 0.05) is 6.42 Å². The van der Waals surface area contributed by atoms with E-state index >= 15 is 0 Å². The third kappa shape index (κ3) is 18.3. The van der Waals surface area contributed by atoms with Crippen LogP contribution in [0.4, 0.5) is 0 Å². The van der Waals surface area contributed by atoms with Gasteiger partial charge in [-0.25, -0.2) is 0 Å². The lowest BCUT2D eigenvalue weighted by molar-refractivity contribution is -0.148. The van der Waals surface area contributed by atoms with E-state index in [4.69, 9.17) is 9.47 Å². The van der Waals surface area contributed by atoms with E-state index in [9.17, 15) is 4.79 Å². The molecule has 0 saturated heterocycles. The molecular formula is C48H72O3. The van der Waals surface area contributed by atoms with E-state index in [2.05, 4.69) is 86.6 Å². The number of ether oxygens (including phenoxy) is 2. The summed E-state index contributed by atoms with van der Waals surface area (Å²) in [7, 11) is 0. The quantitative estimate of drug-likeness (QED) is 0.0514. The molecule has 0 spiro atoms. The Morgan fingerprint density at radius 1 is 0.490 bits per heavy atom. The molecule has 0 N–H and O–H groups in total. The zero-order chi connectivity index (χ0) is 36.2. The fourth-order valence-corrected chi connectivity index (χ4v) is 7.04. The smallest absolute Gasteiger partial charge is 0.306 e. The van der Waals surface area contributed by atoms with Crippen molar-refractivity contribution >= 4 is 5.97 Å². The van der Waals surface area contributed by atoms with Crippen LogP contribution in [-0.2, 0) is 9.53 Å². The summed E-state index contributed by atoms with van der Waals surface area (Å²) in [6.07, 6.45) is 30.6. The Labute approximate surface area is 313 Å². The number of rotatable bonds is 30. The number of benzene rings is 3. The van der Waals surface area contributed by atoms with Crippen LogP contribution in [0.15, 0.2) is 72.8 Å². The highest BCUT2D eigenvalue weighted by molar-refractivity contribution is 5.83. The molecule has 0 aliphatic rings. The van der Waals surface area contributed by atoms with E-state index in [-0.39, 0.29) is 12.1 Å². The van der Waals surface area contributed by atoms with Crippen molar-refractivity contribution in [3.05, 3.63) is 78.4 Å². The average molecular weight is 697 g/mol. The first-order chi connectivity index (χ1) is 25.1. The van der Waals surface area contributed by atoms with Crippen LogP contribution in [0.5, 0.6) is 5.75 Å². The molecule has 0 aliphatic heterocycles. The lowest BCUT2D eigenvalue weighted by Crippen LogP contribution is -2.08. The summed E-state index contributed by atoms with van der Waals surface area (Å²) in [5.41, 5.74) is 5.75. The topological polar surface area (TPSA) is 35.5 Å². The Balaban J connectivity index is 1.34. The van der Waals surface area contributed by atoms with E-state index in [1.54, 1.807) is 0 Å². The van der Waals surface area contributed by atoms with Crippen LogP contribution in [0.25, 0.3) is 22.3 Å². The maximum Gasteiger partial charge on any atom is 0.306 e. The monoisotopic (exact) mass is 697 g/mol. The summed E-state index contributed by atoms with van der Waals surface area (Å²) in [5.74, 6) is 0.852. The van der Waals surface area contributed by atoms with Gasteiger partial charge in [0.1, 0.15) is 11.9 Å². The van der Waals surface area contributed by atoms with Crippen LogP contribution in [-0.4, -0.2) is 12.6 Å². The highest BCUT2D eigenvalue weighted by Gasteiger charge is 2.13. The van der Waals surface area contributed by atoms with Gasteiger partial charge < -0.3 is 9.47 Å². The summed E-state index contributed by atoms with van der Waals surface area (Å²) in [4.78, 5) is 12.5. The lowest BCUT2D eigenvalue weighted by atomic mass is 9.93. The zero-order valence-corrected chi connectivity index (χ0v) is 32.9. The largest absolute Gasteiger partial charge is 0.494 e. The van der Waals surface area contributed by atoms with Crippen molar-refractivity contribution in [3.63, 3.8) is 0 Å². The standard InChI is InChI=1S/C48H72O3/c1-4-6-8-10-12-14-16-18-20-22-24-28-40-50-45-38-36-44(37-39-45)47-30-27-26-29-46(47)43-34-32-42(33-35-43)41(3)51-48(49)31-25-23-21-19-17-15-13-11-9-7-5-2/h26-27,29-30,32-39,41H,4-25,28,31,40H2,1-3H3. The highest BCUT2D eigenvalue weighted by atomic mass is 16.5. The fourth-order valence-electron chi connectivity index (χ4n) is 7.04. The van der Waals surface area contributed by atoms with E-state index in [0.717, 1.165) is 42.7 Å². The predicted molar refractivity (Wildman–Crippen MR) is 219 cm³/mol. The van der Waals surface area contributed by atoms with Crippen molar-refractivity contribution in [2.75, 3.05) is 6.61 Å². The van der Waals surface area contributed by atoms with Crippen LogP contribution in [0.3, 0.4) is 0 Å². The van der Waals surface area contributed by atoms with Crippen LogP contribution >= 0.6 is 0 Å². The molecule has 0 aromatic heterocycles. The third-order valence-electron chi connectivity index (χ3n) is 10.3. The SMILES string of the molecule is CCCCCCCCCCCCCCOc1ccc(-c2ccccc2-c2ccc(C(C)OC(=O)CCCCCCCCCCCCC)cc2)cc1. The minimum Gasteiger partial charge on any atom is -0.494 e. The second kappa shape index (κ2) is 27.6. The van der Waals surface area contributed by atoms with Crippen molar-refractivity contribution in [2.45, 2.75) is 181 Å². The van der Waals surface area contributed by atoms with Gasteiger partial charge in [0.2, 0.25) is 0 Å². The Kier molecular flexibility index (Phi) is 22.9. The summed E-state index contributed by atoms with van der Waals surface area (Å²) in [6, 6.07) is 25.6. The van der Waals surface area contributed by atoms with E-state index in [1.807, 2.05) is 6.92 Å². The van der Waals surface area contributed by atoms with Crippen LogP contribution in [0, 0.1) is 0 Å². The first kappa shape index (κ1) is 42.3. The van der Waals surface area contributed by atoms with E-state index in [0.29, 0.717) is 6.42 Å². The molecule has 1 atom stereocenters. The fraction of sp³-hybridized carbons (Fsp3) is 0.604. The molecule has 3 nitrogen and oxygen atoms in total. The minimum atomic E-state index is -0.253. The second-order valence-electron chi connectivity index (χ2n) is 14.8. The average Bonchev–Trinajstić information content (AvgIpc) is 3.16. The van der Waals surface area contributed by atoms with Gasteiger partial charge in [-0.2, -0.15) is 0 Å². The molecule has 282 valence electrons. The van der Waals surface area contributed by atoms with Crippen molar-refractivity contribution in [1.29, 1.82) is 0 Å². The maximum absolute atomic E-state index is 12.5. The van der Waals surface area contributed by atoms with Crippen LogP contribution in [0.1, 0.15) is 187 Å². The number of hydrogen-bond donors (Lipinski definition) is 0. The number of unbranched alkanes of at least 4 members (excludes halogenated alkanes) is 21. The Morgan fingerprint density at radius 3 is 1.33 bits per heavy atom. The number of hydrogen-bond acceptors (Lipinski definition) is 3. The Morgan fingerprint density at radius 2 is 0.882 bits per heavy atom.